The van der Waals surface area contributed by atoms with E-state index in [1.807, 2.05) is 54.6 Å². The molecule has 1 aliphatic rings. The second-order valence-electron chi connectivity index (χ2n) is 7.31. The first-order valence-electron chi connectivity index (χ1n) is 9.90. The van der Waals surface area contributed by atoms with Crippen molar-refractivity contribution in [3.63, 3.8) is 0 Å². The lowest BCUT2D eigenvalue weighted by Gasteiger charge is -2.25. The lowest BCUT2D eigenvalue weighted by Crippen LogP contribution is -2.40. The standard InChI is InChI=1S/C24H20ClNO4/c25-19-12-17(23-18(13-19)15-22(30-23)16-4-2-1-3-5-16)14-20-6-7-21(29-20)24(27)26-8-10-28-11-9-26/h1-7,12-13,15H,8-11,14H2. The fourth-order valence-electron chi connectivity index (χ4n) is 3.76. The molecule has 5 rings (SSSR count). The molecule has 0 aliphatic carbocycles. The number of rotatable bonds is 4. The summed E-state index contributed by atoms with van der Waals surface area (Å²) in [5.41, 5.74) is 2.70. The third kappa shape index (κ3) is 3.74. The summed E-state index contributed by atoms with van der Waals surface area (Å²) in [6.45, 7) is 2.28. The molecule has 152 valence electrons. The molecular weight excluding hydrogens is 402 g/mol. The van der Waals surface area contributed by atoms with Crippen LogP contribution in [0, 0.1) is 0 Å². The topological polar surface area (TPSA) is 55.8 Å². The number of carbonyl (C=O) groups excluding carboxylic acids is 1. The van der Waals surface area contributed by atoms with Gasteiger partial charge in [0.25, 0.3) is 5.91 Å². The van der Waals surface area contributed by atoms with E-state index < -0.39 is 0 Å². The minimum absolute atomic E-state index is 0.106. The van der Waals surface area contributed by atoms with Gasteiger partial charge in [-0.1, -0.05) is 41.9 Å². The zero-order chi connectivity index (χ0) is 20.5. The summed E-state index contributed by atoms with van der Waals surface area (Å²) in [5, 5.41) is 1.57. The number of furan rings is 2. The summed E-state index contributed by atoms with van der Waals surface area (Å²) in [6.07, 6.45) is 0.481. The zero-order valence-electron chi connectivity index (χ0n) is 16.3. The van der Waals surface area contributed by atoms with Crippen LogP contribution < -0.4 is 0 Å². The van der Waals surface area contributed by atoms with Crippen LogP contribution in [0.4, 0.5) is 0 Å². The van der Waals surface area contributed by atoms with Crippen molar-refractivity contribution < 1.29 is 18.4 Å². The quantitative estimate of drug-likeness (QED) is 0.442. The first-order valence-corrected chi connectivity index (χ1v) is 10.3. The van der Waals surface area contributed by atoms with Gasteiger partial charge in [0.05, 0.1) is 13.2 Å². The van der Waals surface area contributed by atoms with Crippen molar-refractivity contribution in [2.45, 2.75) is 6.42 Å². The van der Waals surface area contributed by atoms with Crippen molar-refractivity contribution in [3.8, 4) is 11.3 Å². The van der Waals surface area contributed by atoms with E-state index in [0.717, 1.165) is 27.9 Å². The van der Waals surface area contributed by atoms with Crippen LogP contribution >= 0.6 is 11.6 Å². The summed E-state index contributed by atoms with van der Waals surface area (Å²) >= 11 is 6.36. The molecule has 1 amide bonds. The van der Waals surface area contributed by atoms with Crippen molar-refractivity contribution in [1.29, 1.82) is 0 Å². The lowest BCUT2D eigenvalue weighted by molar-refractivity contribution is 0.0282. The highest BCUT2D eigenvalue weighted by atomic mass is 35.5. The maximum atomic E-state index is 12.6. The maximum absolute atomic E-state index is 12.6. The van der Waals surface area contributed by atoms with E-state index in [9.17, 15) is 4.79 Å². The summed E-state index contributed by atoms with van der Waals surface area (Å²) in [6, 6.07) is 19.3. The molecule has 2 aromatic carbocycles. The number of fused-ring (bicyclic) bond motifs is 1. The van der Waals surface area contributed by atoms with E-state index in [1.54, 1.807) is 11.0 Å². The van der Waals surface area contributed by atoms with Crippen LogP contribution in [0.3, 0.4) is 0 Å². The van der Waals surface area contributed by atoms with Gasteiger partial charge in [0, 0.05) is 41.0 Å². The smallest absolute Gasteiger partial charge is 0.289 e. The van der Waals surface area contributed by atoms with Crippen LogP contribution in [0.5, 0.6) is 0 Å². The van der Waals surface area contributed by atoms with Gasteiger partial charge in [-0.05, 0) is 30.3 Å². The molecular formula is C24H20ClNO4. The molecule has 2 aromatic heterocycles. The fourth-order valence-corrected chi connectivity index (χ4v) is 4.01. The Bertz CT molecular complexity index is 1190. The molecule has 4 aromatic rings. The molecule has 0 N–H and O–H groups in total. The number of halogens is 1. The van der Waals surface area contributed by atoms with Crippen LogP contribution in [-0.2, 0) is 11.2 Å². The number of ether oxygens (including phenoxy) is 1. The van der Waals surface area contributed by atoms with Gasteiger partial charge in [-0.25, -0.2) is 0 Å². The highest BCUT2D eigenvalue weighted by Gasteiger charge is 2.22. The van der Waals surface area contributed by atoms with E-state index >= 15 is 0 Å². The van der Waals surface area contributed by atoms with Gasteiger partial charge in [0.15, 0.2) is 5.76 Å². The van der Waals surface area contributed by atoms with Gasteiger partial charge in [0.2, 0.25) is 0 Å². The predicted octanol–water partition coefficient (Wildman–Crippen LogP) is 5.41. The van der Waals surface area contributed by atoms with Crippen LogP contribution in [-0.4, -0.2) is 37.1 Å². The number of hydrogen-bond donors (Lipinski definition) is 0. The maximum Gasteiger partial charge on any atom is 0.289 e. The highest BCUT2D eigenvalue weighted by molar-refractivity contribution is 6.31. The summed E-state index contributed by atoms with van der Waals surface area (Å²) in [5.74, 6) is 1.71. The zero-order valence-corrected chi connectivity index (χ0v) is 17.0. The molecule has 0 unspecified atom stereocenters. The van der Waals surface area contributed by atoms with E-state index in [-0.39, 0.29) is 5.91 Å². The Labute approximate surface area is 178 Å². The predicted molar refractivity (Wildman–Crippen MR) is 115 cm³/mol. The molecule has 5 nitrogen and oxygen atoms in total. The number of nitrogens with zero attached hydrogens (tertiary/aromatic N) is 1. The molecule has 0 bridgehead atoms. The Morgan fingerprint density at radius 2 is 1.77 bits per heavy atom. The van der Waals surface area contributed by atoms with Gasteiger partial charge in [-0.15, -0.1) is 0 Å². The monoisotopic (exact) mass is 421 g/mol. The third-order valence-electron chi connectivity index (χ3n) is 5.25. The molecule has 1 fully saturated rings. The number of morpholine rings is 1. The van der Waals surface area contributed by atoms with E-state index in [1.165, 1.54) is 0 Å². The van der Waals surface area contributed by atoms with Gasteiger partial charge in [0.1, 0.15) is 17.1 Å². The second kappa shape index (κ2) is 8.01. The average Bonchev–Trinajstić information content (AvgIpc) is 3.42. The molecule has 0 radical (unpaired) electrons. The largest absolute Gasteiger partial charge is 0.456 e. The van der Waals surface area contributed by atoms with Gasteiger partial charge < -0.3 is 18.5 Å². The van der Waals surface area contributed by atoms with Crippen LogP contribution in [0.15, 0.2) is 69.5 Å². The van der Waals surface area contributed by atoms with E-state index in [2.05, 4.69) is 0 Å². The van der Waals surface area contributed by atoms with Crippen molar-refractivity contribution in [1.82, 2.24) is 4.90 Å². The van der Waals surface area contributed by atoms with Crippen molar-refractivity contribution >= 4 is 28.5 Å². The summed E-state index contributed by atoms with van der Waals surface area (Å²) < 4.78 is 17.3. The first kappa shape index (κ1) is 19.0. The van der Waals surface area contributed by atoms with Gasteiger partial charge >= 0.3 is 0 Å². The Morgan fingerprint density at radius 3 is 2.57 bits per heavy atom. The highest BCUT2D eigenvalue weighted by Crippen LogP contribution is 2.33. The molecule has 0 spiro atoms. The molecule has 1 saturated heterocycles. The Balaban J connectivity index is 1.43. The summed E-state index contributed by atoms with van der Waals surface area (Å²) in [7, 11) is 0. The van der Waals surface area contributed by atoms with E-state index in [0.29, 0.717) is 49.3 Å². The molecule has 0 saturated carbocycles. The number of benzene rings is 2. The normalized spacial score (nSPS) is 14.4. The lowest BCUT2D eigenvalue weighted by atomic mass is 10.1. The summed E-state index contributed by atoms with van der Waals surface area (Å²) in [4.78, 5) is 14.4. The Morgan fingerprint density at radius 1 is 0.967 bits per heavy atom. The van der Waals surface area contributed by atoms with Gasteiger partial charge in [-0.3, -0.25) is 4.79 Å². The minimum atomic E-state index is -0.106. The minimum Gasteiger partial charge on any atom is -0.456 e. The molecule has 6 heteroatoms. The van der Waals surface area contributed by atoms with Crippen molar-refractivity contribution in [3.05, 3.63) is 82.8 Å². The Hall–Kier alpha value is -3.02. The SMILES string of the molecule is O=C(c1ccc(Cc2cc(Cl)cc3cc(-c4ccccc4)oc23)o1)N1CCOCC1. The van der Waals surface area contributed by atoms with Gasteiger partial charge in [-0.2, -0.15) is 0 Å². The van der Waals surface area contributed by atoms with Crippen molar-refractivity contribution in [2.24, 2.45) is 0 Å². The second-order valence-corrected chi connectivity index (χ2v) is 7.74. The van der Waals surface area contributed by atoms with Crippen LogP contribution in [0.2, 0.25) is 5.02 Å². The Kier molecular flexibility index (Phi) is 5.07. The fraction of sp³-hybridized carbons (Fsp3) is 0.208. The van der Waals surface area contributed by atoms with Crippen LogP contribution in [0.1, 0.15) is 21.9 Å². The third-order valence-corrected chi connectivity index (χ3v) is 5.47. The number of hydrogen-bond acceptors (Lipinski definition) is 4. The first-order chi connectivity index (χ1) is 14.7. The molecule has 1 aliphatic heterocycles. The molecule has 30 heavy (non-hydrogen) atoms. The molecule has 0 atom stereocenters. The van der Waals surface area contributed by atoms with Crippen molar-refractivity contribution in [2.75, 3.05) is 26.3 Å². The number of carbonyl (C=O) groups is 1. The van der Waals surface area contributed by atoms with E-state index in [4.69, 9.17) is 25.2 Å². The van der Waals surface area contributed by atoms with Crippen LogP contribution in [0.25, 0.3) is 22.3 Å². The number of amides is 1. The average molecular weight is 422 g/mol. The molecule has 3 heterocycles.